The van der Waals surface area contributed by atoms with Gasteiger partial charge >= 0.3 is 0 Å². The maximum atomic E-state index is 2.74. The summed E-state index contributed by atoms with van der Waals surface area (Å²) in [5, 5.41) is 2.21. The maximum Gasteiger partial charge on any atom is 0.0736 e. The number of rotatable bonds is 3. The predicted molar refractivity (Wildman–Crippen MR) is 141 cm³/mol. The van der Waals surface area contributed by atoms with Crippen LogP contribution in [0.5, 0.6) is 0 Å². The molecule has 156 valence electrons. The first-order valence-corrected chi connectivity index (χ1v) is 25.2. The van der Waals surface area contributed by atoms with E-state index in [4.69, 9.17) is 0 Å². The van der Waals surface area contributed by atoms with Crippen molar-refractivity contribution in [3.8, 4) is 0 Å². The summed E-state index contributed by atoms with van der Waals surface area (Å²) < 4.78 is 0.472. The molecule has 0 amide bonds. The van der Waals surface area contributed by atoms with Crippen molar-refractivity contribution in [2.45, 2.75) is 101 Å². The van der Waals surface area contributed by atoms with Gasteiger partial charge in [0.05, 0.1) is 23.7 Å². The molecule has 4 heteroatoms. The number of fused-ring (bicyclic) bond motifs is 3. The van der Waals surface area contributed by atoms with Crippen molar-refractivity contribution in [1.29, 1.82) is 0 Å². The Bertz CT molecular complexity index is 818. The zero-order chi connectivity index (χ0) is 21.6. The fourth-order valence-electron chi connectivity index (χ4n) is 6.38. The molecule has 1 fully saturated rings. The monoisotopic (exact) mass is 444 g/mol. The smallest absolute Gasteiger partial charge is 0.0736 e. The summed E-state index contributed by atoms with van der Waals surface area (Å²) in [6.45, 7) is 31.6. The van der Waals surface area contributed by atoms with E-state index in [1.165, 1.54) is 12.0 Å². The molecule has 1 aromatic carbocycles. The molecule has 0 radical (unpaired) electrons. The third-order valence-corrected chi connectivity index (χ3v) is 40.7. The predicted octanol–water partition coefficient (Wildman–Crippen LogP) is 7.64. The first kappa shape index (κ1) is 22.5. The van der Waals surface area contributed by atoms with Gasteiger partial charge in [0, 0.05) is 7.59 Å². The molecule has 1 aliphatic heterocycles. The number of benzene rings is 1. The quantitative estimate of drug-likeness (QED) is 0.420. The van der Waals surface area contributed by atoms with Crippen molar-refractivity contribution in [3.05, 3.63) is 35.4 Å². The molecule has 3 rings (SSSR count). The van der Waals surface area contributed by atoms with E-state index in [0.717, 1.165) is 5.92 Å². The first-order valence-electron chi connectivity index (χ1n) is 11.2. The molecule has 0 nitrogen and oxygen atoms in total. The lowest BCUT2D eigenvalue weighted by Gasteiger charge is -2.55. The molecule has 2 aliphatic rings. The summed E-state index contributed by atoms with van der Waals surface area (Å²) in [6, 6.07) is 7.69. The zero-order valence-corrected chi connectivity index (χ0v) is 24.7. The van der Waals surface area contributed by atoms with Crippen LogP contribution in [0.3, 0.4) is 0 Å². The van der Waals surface area contributed by atoms with Crippen LogP contribution >= 0.6 is 0 Å². The van der Waals surface area contributed by atoms with Crippen LogP contribution in [0.25, 0.3) is 6.08 Å². The highest BCUT2D eigenvalue weighted by Crippen LogP contribution is 2.74. The Morgan fingerprint density at radius 3 is 2.00 bits per heavy atom. The van der Waals surface area contributed by atoms with Crippen molar-refractivity contribution in [2.24, 2.45) is 0 Å². The van der Waals surface area contributed by atoms with Gasteiger partial charge in [-0.25, -0.2) is 0 Å². The molecular formula is C24H44Si4. The van der Waals surface area contributed by atoms with Gasteiger partial charge in [0.1, 0.15) is 0 Å². The van der Waals surface area contributed by atoms with E-state index in [9.17, 15) is 0 Å². The van der Waals surface area contributed by atoms with Crippen molar-refractivity contribution in [2.75, 3.05) is 0 Å². The Hall–Kier alpha value is -0.172. The fraction of sp³-hybridized carbons (Fsp3) is 0.667. The van der Waals surface area contributed by atoms with E-state index in [1.54, 1.807) is 10.8 Å². The molecule has 28 heavy (non-hydrogen) atoms. The van der Waals surface area contributed by atoms with Crippen LogP contribution in [-0.4, -0.2) is 31.3 Å². The summed E-state index contributed by atoms with van der Waals surface area (Å²) in [4.78, 5) is 0. The van der Waals surface area contributed by atoms with E-state index < -0.39 is 31.3 Å². The van der Waals surface area contributed by atoms with Gasteiger partial charge in [0.25, 0.3) is 0 Å². The van der Waals surface area contributed by atoms with Crippen molar-refractivity contribution < 1.29 is 0 Å². The molecule has 1 aliphatic carbocycles. The van der Waals surface area contributed by atoms with Crippen LogP contribution in [0.1, 0.15) is 37.3 Å². The molecule has 0 aromatic heterocycles. The minimum atomic E-state index is -1.49. The molecule has 0 spiro atoms. The largest absolute Gasteiger partial charge is 0.0824 e. The summed E-state index contributed by atoms with van der Waals surface area (Å²) in [5.41, 5.74) is 3.23. The van der Waals surface area contributed by atoms with Gasteiger partial charge in [0.2, 0.25) is 0 Å². The molecule has 2 atom stereocenters. The Balaban J connectivity index is 2.27. The molecule has 0 N–H and O–H groups in total. The van der Waals surface area contributed by atoms with Crippen molar-refractivity contribution >= 4 is 42.6 Å². The third-order valence-electron chi connectivity index (χ3n) is 9.82. The zero-order valence-electron chi connectivity index (χ0n) is 20.7. The van der Waals surface area contributed by atoms with Crippen LogP contribution in [0.15, 0.2) is 24.3 Å². The topological polar surface area (TPSA) is 0 Å². The second-order valence-electron chi connectivity index (χ2n) is 13.4. The number of allylic oxidation sites excluding steroid dienone is 1. The minimum absolute atomic E-state index is 0.472. The summed E-state index contributed by atoms with van der Waals surface area (Å²) in [5.74, 6) is 0.738. The number of hydrogen-bond donors (Lipinski definition) is 0. The van der Waals surface area contributed by atoms with E-state index in [-0.39, 0.29) is 0 Å². The Kier molecular flexibility index (Phi) is 4.97. The second kappa shape index (κ2) is 6.18. The standard InChI is InChI=1S/C24H44Si4/c1-23(2)18-22-21-17-20(27(9,10)26(6,7)8)14-13-19(21)15-16-24(22,25(3,4)5)28(23,11)12/h13-17,22H,18H2,1-12H3/t22-,24-/m0/s1. The van der Waals surface area contributed by atoms with Gasteiger partial charge in [-0.2, -0.15) is 0 Å². The second-order valence-corrected chi connectivity index (χ2v) is 41.3. The van der Waals surface area contributed by atoms with Crippen molar-refractivity contribution in [3.63, 3.8) is 0 Å². The lowest BCUT2D eigenvalue weighted by molar-refractivity contribution is 0.549. The van der Waals surface area contributed by atoms with E-state index in [0.29, 0.717) is 9.70 Å². The summed E-state index contributed by atoms with van der Waals surface area (Å²) in [7, 11) is -5.46. The van der Waals surface area contributed by atoms with Gasteiger partial charge in [-0.05, 0) is 33.2 Å². The third kappa shape index (κ3) is 2.77. The van der Waals surface area contributed by atoms with Gasteiger partial charge < -0.3 is 0 Å². The van der Waals surface area contributed by atoms with Crippen LogP contribution in [-0.2, 0) is 0 Å². The minimum Gasteiger partial charge on any atom is -0.0824 e. The highest BCUT2D eigenvalue weighted by Gasteiger charge is 2.68. The normalized spacial score (nSPS) is 28.8. The molecule has 1 aromatic rings. The Morgan fingerprint density at radius 1 is 0.929 bits per heavy atom. The Labute approximate surface area is 179 Å². The van der Waals surface area contributed by atoms with E-state index in [2.05, 4.69) is 110 Å². The average molecular weight is 445 g/mol. The molecular weight excluding hydrogens is 401 g/mol. The van der Waals surface area contributed by atoms with E-state index >= 15 is 0 Å². The van der Waals surface area contributed by atoms with Gasteiger partial charge in [-0.15, -0.1) is 0 Å². The molecule has 1 heterocycles. The first-order chi connectivity index (χ1) is 12.4. The lowest BCUT2D eigenvalue weighted by atomic mass is 9.81. The van der Waals surface area contributed by atoms with Gasteiger partial charge in [0.15, 0.2) is 0 Å². The molecule has 0 unspecified atom stereocenters. The van der Waals surface area contributed by atoms with Gasteiger partial charge in [-0.1, -0.05) is 115 Å². The van der Waals surface area contributed by atoms with Crippen LogP contribution in [0, 0.1) is 0 Å². The average Bonchev–Trinajstić information content (AvgIpc) is 2.68. The molecule has 0 saturated carbocycles. The SMILES string of the molecule is CC1(C)C[C@H]2c3cc([Si](C)(C)[Si](C)(C)C)ccc3C=C[C@]2([Si](C)(C)C)[Si]1(C)C. The summed E-state index contributed by atoms with van der Waals surface area (Å²) in [6.07, 6.45) is 6.66. The van der Waals surface area contributed by atoms with Gasteiger partial charge in [-0.3, -0.25) is 0 Å². The van der Waals surface area contributed by atoms with Crippen molar-refractivity contribution in [1.82, 2.24) is 0 Å². The highest BCUT2D eigenvalue weighted by atomic mass is 29.3. The Morgan fingerprint density at radius 2 is 1.50 bits per heavy atom. The van der Waals surface area contributed by atoms with Crippen LogP contribution < -0.4 is 5.19 Å². The number of hydrogen-bond acceptors (Lipinski definition) is 0. The van der Waals surface area contributed by atoms with Crippen LogP contribution in [0.4, 0.5) is 0 Å². The lowest BCUT2D eigenvalue weighted by Crippen LogP contribution is -2.61. The fourth-order valence-corrected chi connectivity index (χ4v) is 25.2. The maximum absolute atomic E-state index is 2.74. The molecule has 1 saturated heterocycles. The van der Waals surface area contributed by atoms with E-state index in [1.807, 2.05) is 0 Å². The van der Waals surface area contributed by atoms with Crippen LogP contribution in [0.2, 0.25) is 75.2 Å². The summed E-state index contributed by atoms with van der Waals surface area (Å²) >= 11 is 0. The highest BCUT2D eigenvalue weighted by molar-refractivity contribution is 7.45. The molecule has 0 bridgehead atoms.